The first-order valence-corrected chi connectivity index (χ1v) is 12.8. The first-order chi connectivity index (χ1) is 14.5. The van der Waals surface area contributed by atoms with Crippen LogP contribution >= 0.6 is 0 Å². The summed E-state index contributed by atoms with van der Waals surface area (Å²) in [5, 5.41) is 10.1. The van der Waals surface area contributed by atoms with Gasteiger partial charge in [-0.1, -0.05) is 141 Å². The number of unbranched alkanes of at least 4 members (excludes halogenated alkanes) is 13. The van der Waals surface area contributed by atoms with Crippen molar-refractivity contribution in [1.29, 1.82) is 0 Å². The summed E-state index contributed by atoms with van der Waals surface area (Å²) < 4.78 is 0. The summed E-state index contributed by atoms with van der Waals surface area (Å²) in [5.41, 5.74) is 0.243. The van der Waals surface area contributed by atoms with Crippen LogP contribution in [-0.2, 0) is 10.2 Å². The Kier molecular flexibility index (Phi) is 14.6. The number of carboxylic acid groups (broad SMARTS) is 1. The molecular formula is C28H48O2. The van der Waals surface area contributed by atoms with E-state index in [9.17, 15) is 9.90 Å². The van der Waals surface area contributed by atoms with Crippen molar-refractivity contribution in [2.75, 3.05) is 0 Å². The van der Waals surface area contributed by atoms with Crippen molar-refractivity contribution in [1.82, 2.24) is 0 Å². The van der Waals surface area contributed by atoms with Crippen LogP contribution in [0.3, 0.4) is 0 Å². The van der Waals surface area contributed by atoms with Crippen LogP contribution in [0.5, 0.6) is 0 Å². The number of carboxylic acids is 1. The van der Waals surface area contributed by atoms with E-state index < -0.39 is 11.4 Å². The zero-order valence-electron chi connectivity index (χ0n) is 20.1. The number of hydrogen-bond acceptors (Lipinski definition) is 1. The van der Waals surface area contributed by atoms with Gasteiger partial charge in [-0.25, -0.2) is 0 Å². The van der Waals surface area contributed by atoms with Gasteiger partial charge < -0.3 is 5.11 Å². The molecule has 30 heavy (non-hydrogen) atoms. The monoisotopic (exact) mass is 416 g/mol. The second-order valence-electron chi connectivity index (χ2n) is 9.70. The van der Waals surface area contributed by atoms with Gasteiger partial charge in [0, 0.05) is 0 Å². The minimum Gasteiger partial charge on any atom is -0.481 e. The van der Waals surface area contributed by atoms with Crippen molar-refractivity contribution >= 4 is 5.97 Å². The Labute approximate surface area is 186 Å². The predicted molar refractivity (Wildman–Crippen MR) is 130 cm³/mol. The van der Waals surface area contributed by atoms with Crippen LogP contribution in [0.25, 0.3) is 0 Å². The van der Waals surface area contributed by atoms with Gasteiger partial charge in [0.2, 0.25) is 0 Å². The van der Waals surface area contributed by atoms with Gasteiger partial charge in [0.25, 0.3) is 0 Å². The van der Waals surface area contributed by atoms with E-state index in [2.05, 4.69) is 20.8 Å². The summed E-state index contributed by atoms with van der Waals surface area (Å²) in [5.74, 6) is -0.287. The van der Waals surface area contributed by atoms with Crippen LogP contribution in [0.4, 0.5) is 0 Å². The molecule has 0 aliphatic rings. The van der Waals surface area contributed by atoms with Crippen LogP contribution in [0.1, 0.15) is 129 Å². The van der Waals surface area contributed by atoms with Crippen molar-refractivity contribution in [3.05, 3.63) is 35.9 Å². The van der Waals surface area contributed by atoms with Crippen molar-refractivity contribution in [2.45, 2.75) is 129 Å². The van der Waals surface area contributed by atoms with Crippen LogP contribution in [-0.4, -0.2) is 11.1 Å². The standard InChI is InChI=1S/C28H48O2/c1-4-5-6-7-8-9-10-11-12-13-14-15-16-20-23-28(27(29)30,24-25(2)3)26-21-18-17-19-22-26/h17-19,21-22,25H,4-16,20,23-24H2,1-3H3,(H,29,30). The molecule has 0 bridgehead atoms. The van der Waals surface area contributed by atoms with Crippen molar-refractivity contribution in [3.8, 4) is 0 Å². The third-order valence-electron chi connectivity index (χ3n) is 6.45. The SMILES string of the molecule is CCCCCCCCCCCCCCCCC(CC(C)C)(C(=O)O)c1ccccc1. The number of aliphatic carboxylic acids is 1. The van der Waals surface area contributed by atoms with E-state index in [1.165, 1.54) is 77.0 Å². The zero-order valence-corrected chi connectivity index (χ0v) is 20.1. The maximum absolute atomic E-state index is 12.3. The highest BCUT2D eigenvalue weighted by molar-refractivity contribution is 5.81. The number of benzene rings is 1. The Morgan fingerprint density at radius 1 is 0.767 bits per heavy atom. The Hall–Kier alpha value is -1.31. The summed E-state index contributed by atoms with van der Waals surface area (Å²) in [6.07, 6.45) is 20.1. The molecule has 0 fully saturated rings. The molecule has 0 spiro atoms. The van der Waals surface area contributed by atoms with E-state index in [0.29, 0.717) is 12.3 Å². The third kappa shape index (κ3) is 10.6. The maximum atomic E-state index is 12.3. The molecule has 0 aliphatic heterocycles. The lowest BCUT2D eigenvalue weighted by molar-refractivity contribution is -0.145. The fraction of sp³-hybridized carbons (Fsp3) is 0.750. The number of carbonyl (C=O) groups is 1. The number of rotatable bonds is 19. The van der Waals surface area contributed by atoms with Gasteiger partial charge in [-0.3, -0.25) is 4.79 Å². The fourth-order valence-corrected chi connectivity index (χ4v) is 4.76. The van der Waals surface area contributed by atoms with Gasteiger partial charge in [-0.2, -0.15) is 0 Å². The van der Waals surface area contributed by atoms with Crippen LogP contribution < -0.4 is 0 Å². The molecule has 0 saturated carbocycles. The molecule has 0 saturated heterocycles. The molecule has 1 aromatic carbocycles. The van der Waals surface area contributed by atoms with E-state index >= 15 is 0 Å². The second kappa shape index (κ2) is 16.4. The van der Waals surface area contributed by atoms with E-state index in [1.54, 1.807) is 0 Å². The minimum atomic E-state index is -0.730. The van der Waals surface area contributed by atoms with Gasteiger partial charge in [0.15, 0.2) is 0 Å². The lowest BCUT2D eigenvalue weighted by Crippen LogP contribution is -2.37. The topological polar surface area (TPSA) is 37.3 Å². The first kappa shape index (κ1) is 26.7. The predicted octanol–water partition coefficient (Wildman–Crippen LogP) is 8.93. The molecule has 0 heterocycles. The van der Waals surface area contributed by atoms with Gasteiger partial charge >= 0.3 is 5.97 Å². The lowest BCUT2D eigenvalue weighted by Gasteiger charge is -2.32. The summed E-state index contributed by atoms with van der Waals surface area (Å²) >= 11 is 0. The molecule has 2 nitrogen and oxygen atoms in total. The van der Waals surface area contributed by atoms with E-state index in [-0.39, 0.29) is 0 Å². The number of hydrogen-bond donors (Lipinski definition) is 1. The van der Waals surface area contributed by atoms with Gasteiger partial charge in [0.05, 0.1) is 5.41 Å². The molecule has 1 unspecified atom stereocenters. The fourth-order valence-electron chi connectivity index (χ4n) is 4.76. The molecule has 1 atom stereocenters. The molecule has 1 N–H and O–H groups in total. The second-order valence-corrected chi connectivity index (χ2v) is 9.70. The average Bonchev–Trinajstić information content (AvgIpc) is 2.73. The Morgan fingerprint density at radius 2 is 1.20 bits per heavy atom. The highest BCUT2D eigenvalue weighted by atomic mass is 16.4. The van der Waals surface area contributed by atoms with E-state index in [0.717, 1.165) is 24.8 Å². The molecule has 1 rings (SSSR count). The first-order valence-electron chi connectivity index (χ1n) is 12.8. The molecule has 0 aromatic heterocycles. The van der Waals surface area contributed by atoms with Crippen LogP contribution in [0.2, 0.25) is 0 Å². The van der Waals surface area contributed by atoms with Gasteiger partial charge in [-0.15, -0.1) is 0 Å². The molecule has 2 heteroatoms. The molecular weight excluding hydrogens is 368 g/mol. The highest BCUT2D eigenvalue weighted by Gasteiger charge is 2.40. The Morgan fingerprint density at radius 3 is 1.60 bits per heavy atom. The zero-order chi connectivity index (χ0) is 22.1. The molecule has 1 aromatic rings. The Balaban J connectivity index is 2.23. The van der Waals surface area contributed by atoms with Crippen LogP contribution in [0, 0.1) is 5.92 Å². The minimum absolute atomic E-state index is 0.368. The molecule has 172 valence electrons. The summed E-state index contributed by atoms with van der Waals surface area (Å²) in [6.45, 7) is 6.54. The Bertz CT molecular complexity index is 537. The van der Waals surface area contributed by atoms with E-state index in [4.69, 9.17) is 0 Å². The summed E-state index contributed by atoms with van der Waals surface area (Å²) in [7, 11) is 0. The normalized spacial score (nSPS) is 13.5. The smallest absolute Gasteiger partial charge is 0.314 e. The van der Waals surface area contributed by atoms with Gasteiger partial charge in [-0.05, 0) is 24.3 Å². The average molecular weight is 417 g/mol. The van der Waals surface area contributed by atoms with E-state index in [1.807, 2.05) is 30.3 Å². The highest BCUT2D eigenvalue weighted by Crippen LogP contribution is 2.37. The van der Waals surface area contributed by atoms with Crippen LogP contribution in [0.15, 0.2) is 30.3 Å². The largest absolute Gasteiger partial charge is 0.481 e. The maximum Gasteiger partial charge on any atom is 0.314 e. The third-order valence-corrected chi connectivity index (χ3v) is 6.45. The summed E-state index contributed by atoms with van der Waals surface area (Å²) in [6, 6.07) is 9.91. The van der Waals surface area contributed by atoms with Crippen molar-refractivity contribution < 1.29 is 9.90 Å². The molecule has 0 amide bonds. The van der Waals surface area contributed by atoms with Gasteiger partial charge in [0.1, 0.15) is 0 Å². The van der Waals surface area contributed by atoms with Crippen molar-refractivity contribution in [2.24, 2.45) is 5.92 Å². The lowest BCUT2D eigenvalue weighted by atomic mass is 9.71. The van der Waals surface area contributed by atoms with Crippen molar-refractivity contribution in [3.63, 3.8) is 0 Å². The molecule has 0 aliphatic carbocycles. The molecule has 0 radical (unpaired) electrons. The quantitative estimate of drug-likeness (QED) is 0.228. The summed E-state index contributed by atoms with van der Waals surface area (Å²) in [4.78, 5) is 12.3.